The number of rotatable bonds is 2. The third-order valence-electron chi connectivity index (χ3n) is 5.52. The van der Waals surface area contributed by atoms with E-state index in [0.717, 1.165) is 19.3 Å². The fourth-order valence-corrected chi connectivity index (χ4v) is 4.52. The Kier molecular flexibility index (Phi) is 3.44. The molecule has 1 saturated carbocycles. The van der Waals surface area contributed by atoms with Crippen molar-refractivity contribution in [2.24, 2.45) is 0 Å². The highest BCUT2D eigenvalue weighted by atomic mass is 16.5. The molecule has 8 heteroatoms. The van der Waals surface area contributed by atoms with Crippen LogP contribution in [0.15, 0.2) is 11.0 Å². The monoisotopic (exact) mass is 348 g/mol. The summed E-state index contributed by atoms with van der Waals surface area (Å²) < 4.78 is 17.7. The van der Waals surface area contributed by atoms with Gasteiger partial charge in [0.2, 0.25) is 5.43 Å². The summed E-state index contributed by atoms with van der Waals surface area (Å²) in [4.78, 5) is 39.6. The second-order valence-corrected chi connectivity index (χ2v) is 6.74. The maximum absolute atomic E-state index is 13.2. The van der Waals surface area contributed by atoms with Crippen molar-refractivity contribution in [1.29, 1.82) is 0 Å². The van der Waals surface area contributed by atoms with Gasteiger partial charge in [0.1, 0.15) is 5.56 Å². The summed E-state index contributed by atoms with van der Waals surface area (Å²) in [5.74, 6) is -1.16. The molecule has 1 unspecified atom stereocenters. The second-order valence-electron chi connectivity index (χ2n) is 6.74. The number of hydrogen-bond acceptors (Lipinski definition) is 6. The smallest absolute Gasteiger partial charge is 0.343 e. The molecule has 0 aromatic carbocycles. The van der Waals surface area contributed by atoms with Gasteiger partial charge in [-0.3, -0.25) is 9.59 Å². The molecular formula is C17H20N2O6. The van der Waals surface area contributed by atoms with Crippen molar-refractivity contribution in [2.75, 3.05) is 20.8 Å². The average molecular weight is 348 g/mol. The number of ether oxygens (including phenoxy) is 3. The minimum atomic E-state index is -0.749. The van der Waals surface area contributed by atoms with Crippen LogP contribution in [0.5, 0.6) is 5.75 Å². The van der Waals surface area contributed by atoms with E-state index in [-0.39, 0.29) is 35.0 Å². The fraction of sp³-hybridized carbons (Fsp3) is 0.588. The zero-order valence-electron chi connectivity index (χ0n) is 14.4. The van der Waals surface area contributed by atoms with Crippen LogP contribution < -0.4 is 10.2 Å². The van der Waals surface area contributed by atoms with E-state index in [1.807, 2.05) is 6.92 Å². The lowest BCUT2D eigenvalue weighted by Crippen LogP contribution is -2.58. The molecule has 1 amide bonds. The molecule has 134 valence electrons. The van der Waals surface area contributed by atoms with Crippen LogP contribution in [0, 0.1) is 0 Å². The maximum atomic E-state index is 13.2. The van der Waals surface area contributed by atoms with Crippen molar-refractivity contribution in [3.63, 3.8) is 0 Å². The van der Waals surface area contributed by atoms with E-state index in [0.29, 0.717) is 6.61 Å². The van der Waals surface area contributed by atoms with Crippen LogP contribution in [-0.2, 0) is 9.47 Å². The van der Waals surface area contributed by atoms with Crippen molar-refractivity contribution in [3.8, 4) is 5.75 Å². The molecule has 1 aliphatic carbocycles. The predicted octanol–water partition coefficient (Wildman–Crippen LogP) is 0.939. The first kappa shape index (κ1) is 16.1. The topological polar surface area (TPSA) is 87.1 Å². The molecule has 1 spiro atoms. The average Bonchev–Trinajstić information content (AvgIpc) is 3.18. The summed E-state index contributed by atoms with van der Waals surface area (Å²) >= 11 is 0. The first-order valence-corrected chi connectivity index (χ1v) is 8.35. The molecule has 2 aliphatic heterocycles. The molecule has 3 aliphatic rings. The van der Waals surface area contributed by atoms with Crippen LogP contribution >= 0.6 is 0 Å². The van der Waals surface area contributed by atoms with E-state index in [4.69, 9.17) is 14.2 Å². The van der Waals surface area contributed by atoms with Gasteiger partial charge in [-0.2, -0.15) is 0 Å². The summed E-state index contributed by atoms with van der Waals surface area (Å²) in [5.41, 5.74) is -1.30. The summed E-state index contributed by atoms with van der Waals surface area (Å²) in [6.07, 6.45) is 3.83. The molecular weight excluding hydrogens is 328 g/mol. The molecule has 4 rings (SSSR count). The number of fused-ring (bicyclic) bond motifs is 2. The molecule has 8 nitrogen and oxygen atoms in total. The Labute approximate surface area is 144 Å². The van der Waals surface area contributed by atoms with E-state index < -0.39 is 17.1 Å². The van der Waals surface area contributed by atoms with E-state index in [1.54, 1.807) is 9.47 Å². The minimum Gasteiger partial charge on any atom is -0.491 e. The van der Waals surface area contributed by atoms with Gasteiger partial charge < -0.3 is 23.7 Å². The highest BCUT2D eigenvalue weighted by Crippen LogP contribution is 2.52. The number of carbonyl (C=O) groups is 2. The Bertz CT molecular complexity index is 831. The first-order chi connectivity index (χ1) is 12.0. The Morgan fingerprint density at radius 1 is 1.36 bits per heavy atom. The molecule has 1 aromatic rings. The van der Waals surface area contributed by atoms with Crippen molar-refractivity contribution in [2.45, 2.75) is 44.0 Å². The Morgan fingerprint density at radius 2 is 2.12 bits per heavy atom. The lowest BCUT2D eigenvalue weighted by Gasteiger charge is -2.45. The normalized spacial score (nSPS) is 29.9. The van der Waals surface area contributed by atoms with Crippen LogP contribution in [0.25, 0.3) is 0 Å². The van der Waals surface area contributed by atoms with Crippen LogP contribution in [0.4, 0.5) is 0 Å². The zero-order chi connectivity index (χ0) is 17.9. The molecule has 0 bridgehead atoms. The van der Waals surface area contributed by atoms with Crippen molar-refractivity contribution < 1.29 is 23.8 Å². The standard InChI is InChI=1S/C17H20N2O6/c1-9-8-25-17-6-4-5-11(17)18-7-10(16(22)24-3)13(20)14(23-2)12(18)15(21)19(9)17/h7,9,11H,4-6,8H2,1-3H3/t9-,11+,17?/m0/s1. The largest absolute Gasteiger partial charge is 0.491 e. The van der Waals surface area contributed by atoms with Crippen LogP contribution in [0.3, 0.4) is 0 Å². The third kappa shape index (κ3) is 1.88. The van der Waals surface area contributed by atoms with Gasteiger partial charge >= 0.3 is 5.97 Å². The number of methoxy groups -OCH3 is 2. The number of nitrogens with zero attached hydrogens (tertiary/aromatic N) is 2. The maximum Gasteiger partial charge on any atom is 0.343 e. The van der Waals surface area contributed by atoms with Crippen molar-refractivity contribution >= 4 is 11.9 Å². The van der Waals surface area contributed by atoms with Crippen LogP contribution in [-0.4, -0.2) is 53.9 Å². The van der Waals surface area contributed by atoms with Crippen molar-refractivity contribution in [3.05, 3.63) is 27.7 Å². The van der Waals surface area contributed by atoms with Gasteiger partial charge in [-0.1, -0.05) is 0 Å². The predicted molar refractivity (Wildman–Crippen MR) is 85.8 cm³/mol. The molecule has 1 aromatic heterocycles. The lowest BCUT2D eigenvalue weighted by atomic mass is 9.98. The Hall–Kier alpha value is -2.35. The van der Waals surface area contributed by atoms with Crippen LogP contribution in [0.2, 0.25) is 0 Å². The third-order valence-corrected chi connectivity index (χ3v) is 5.52. The zero-order valence-corrected chi connectivity index (χ0v) is 14.4. The van der Waals surface area contributed by atoms with E-state index in [2.05, 4.69) is 0 Å². The number of hydrogen-bond donors (Lipinski definition) is 0. The summed E-state index contributed by atoms with van der Waals surface area (Å²) in [6, 6.07) is -0.245. The van der Waals surface area contributed by atoms with Gasteiger partial charge in [-0.25, -0.2) is 4.79 Å². The van der Waals surface area contributed by atoms with E-state index in [9.17, 15) is 14.4 Å². The number of pyridine rings is 1. The Balaban J connectivity index is 2.02. The van der Waals surface area contributed by atoms with Gasteiger partial charge in [0.25, 0.3) is 5.91 Å². The van der Waals surface area contributed by atoms with Crippen molar-refractivity contribution in [1.82, 2.24) is 9.47 Å². The van der Waals surface area contributed by atoms with Crippen LogP contribution in [0.1, 0.15) is 53.1 Å². The summed E-state index contributed by atoms with van der Waals surface area (Å²) in [7, 11) is 2.54. The molecule has 25 heavy (non-hydrogen) atoms. The molecule has 0 N–H and O–H groups in total. The minimum absolute atomic E-state index is 0.0815. The fourth-order valence-electron chi connectivity index (χ4n) is 4.52. The van der Waals surface area contributed by atoms with Gasteiger partial charge in [0, 0.05) is 6.20 Å². The number of carbonyl (C=O) groups excluding carboxylic acids is 2. The SMILES string of the molecule is COC(=O)c1cn2c(c(OC)c1=O)C(=O)N1[C@@H](C)COC13CCC[C@@H]23. The highest BCUT2D eigenvalue weighted by Gasteiger charge is 2.60. The summed E-state index contributed by atoms with van der Waals surface area (Å²) in [6.45, 7) is 2.39. The van der Waals surface area contributed by atoms with E-state index in [1.165, 1.54) is 20.4 Å². The van der Waals surface area contributed by atoms with Gasteiger partial charge in [0.15, 0.2) is 17.2 Å². The lowest BCUT2D eigenvalue weighted by molar-refractivity contribution is -0.101. The molecule has 1 saturated heterocycles. The first-order valence-electron chi connectivity index (χ1n) is 8.35. The number of amides is 1. The number of aromatic nitrogens is 1. The highest BCUT2D eigenvalue weighted by molar-refractivity contribution is 5.99. The Morgan fingerprint density at radius 3 is 2.80 bits per heavy atom. The van der Waals surface area contributed by atoms with Gasteiger partial charge in [-0.05, 0) is 26.2 Å². The number of esters is 1. The van der Waals surface area contributed by atoms with Gasteiger partial charge in [-0.15, -0.1) is 0 Å². The van der Waals surface area contributed by atoms with Gasteiger partial charge in [0.05, 0.1) is 32.9 Å². The molecule has 3 atom stereocenters. The molecule has 2 fully saturated rings. The second kappa shape index (κ2) is 5.32. The molecule has 3 heterocycles. The summed E-state index contributed by atoms with van der Waals surface area (Å²) in [5, 5.41) is 0. The van der Waals surface area contributed by atoms with E-state index >= 15 is 0 Å². The molecule has 0 radical (unpaired) electrons. The quantitative estimate of drug-likeness (QED) is 0.739.